The van der Waals surface area contributed by atoms with Gasteiger partial charge in [-0.15, -0.1) is 0 Å². The Hall–Kier alpha value is -3.62. The van der Waals surface area contributed by atoms with Crippen molar-refractivity contribution in [2.24, 2.45) is 0 Å². The standard InChI is InChI=1S/C15H10O16S3/c16-8-2-1-6(3-10(8)30-33(22,23)24)14-15(31-34(25,26)27)13(18)12-9(17)4-7(5-11(12)28-14)29-32(19,20)21/h1-5,16-17H,(H,19,20,21)(H,22,23,24)(H,25,26,27)/p-4. The van der Waals surface area contributed by atoms with Gasteiger partial charge >= 0.3 is 0 Å². The minimum Gasteiger partial charge on any atom is -0.870 e. The normalized spacial score (nSPS) is 12.4. The Labute approximate surface area is 189 Å². The maximum absolute atomic E-state index is 12.8. The molecule has 0 aliphatic rings. The van der Waals surface area contributed by atoms with Crippen molar-refractivity contribution in [2.75, 3.05) is 0 Å². The van der Waals surface area contributed by atoms with Gasteiger partial charge in [0.25, 0.3) is 31.2 Å². The smallest absolute Gasteiger partial charge is 0.262 e. The minimum absolute atomic E-state index is 0.473. The van der Waals surface area contributed by atoms with E-state index in [2.05, 4.69) is 12.5 Å². The fourth-order valence-corrected chi connectivity index (χ4v) is 3.65. The zero-order valence-corrected chi connectivity index (χ0v) is 18.1. The Balaban J connectivity index is 2.38. The molecule has 3 rings (SSSR count). The second-order valence-corrected chi connectivity index (χ2v) is 8.99. The summed E-state index contributed by atoms with van der Waals surface area (Å²) < 4.78 is 116. The average Bonchev–Trinajstić information content (AvgIpc) is 2.62. The third-order valence-electron chi connectivity index (χ3n) is 3.69. The summed E-state index contributed by atoms with van der Waals surface area (Å²) in [6, 6.07) is 3.00. The maximum Gasteiger partial charge on any atom is 0.262 e. The third-order valence-corrected chi connectivity index (χ3v) is 4.84. The van der Waals surface area contributed by atoms with Crippen LogP contribution in [0.3, 0.4) is 0 Å². The van der Waals surface area contributed by atoms with Crippen LogP contribution in [-0.4, -0.2) is 44.0 Å². The number of benzene rings is 2. The molecule has 1 N–H and O–H groups in total. The van der Waals surface area contributed by atoms with Gasteiger partial charge in [0.2, 0.25) is 11.2 Å². The minimum atomic E-state index is -5.67. The van der Waals surface area contributed by atoms with Crippen LogP contribution < -0.4 is 23.1 Å². The van der Waals surface area contributed by atoms with E-state index in [1.807, 2.05) is 0 Å². The van der Waals surface area contributed by atoms with E-state index in [9.17, 15) is 53.9 Å². The molecule has 0 saturated carbocycles. The van der Waals surface area contributed by atoms with Gasteiger partial charge in [-0.1, -0.05) is 17.9 Å². The van der Waals surface area contributed by atoms with Gasteiger partial charge in [-0.05, 0) is 6.07 Å². The van der Waals surface area contributed by atoms with E-state index in [0.29, 0.717) is 24.3 Å². The summed E-state index contributed by atoms with van der Waals surface area (Å²) >= 11 is 0. The van der Waals surface area contributed by atoms with Gasteiger partial charge < -0.3 is 40.8 Å². The predicted molar refractivity (Wildman–Crippen MR) is 100 cm³/mol. The molecular weight excluding hydrogens is 532 g/mol. The highest BCUT2D eigenvalue weighted by molar-refractivity contribution is 7.81. The summed E-state index contributed by atoms with van der Waals surface area (Å²) in [6.45, 7) is 0. The molecule has 0 aliphatic heterocycles. The lowest BCUT2D eigenvalue weighted by Crippen LogP contribution is -2.16. The topological polar surface area (TPSA) is 273 Å². The first kappa shape index (κ1) is 25.0. The van der Waals surface area contributed by atoms with Crippen LogP contribution in [0.1, 0.15) is 0 Å². The molecule has 19 heteroatoms. The molecule has 2 aromatic carbocycles. The zero-order chi connectivity index (χ0) is 25.6. The molecule has 0 radical (unpaired) electrons. The number of fused-ring (bicyclic) bond motifs is 1. The van der Waals surface area contributed by atoms with Crippen LogP contribution in [0.2, 0.25) is 0 Å². The van der Waals surface area contributed by atoms with Crippen LogP contribution in [0.25, 0.3) is 22.3 Å². The molecule has 16 nitrogen and oxygen atoms in total. The molecule has 0 spiro atoms. The average molecular weight is 538 g/mol. The van der Waals surface area contributed by atoms with Crippen molar-refractivity contribution in [1.29, 1.82) is 0 Å². The van der Waals surface area contributed by atoms with Gasteiger partial charge in [-0.25, -0.2) is 25.3 Å². The van der Waals surface area contributed by atoms with Crippen molar-refractivity contribution in [3.05, 3.63) is 40.6 Å². The van der Waals surface area contributed by atoms with Crippen LogP contribution in [0.15, 0.2) is 39.5 Å². The van der Waals surface area contributed by atoms with Crippen LogP contribution in [0, 0.1) is 0 Å². The van der Waals surface area contributed by atoms with Crippen molar-refractivity contribution in [3.63, 3.8) is 0 Å². The molecule has 0 aliphatic carbocycles. The van der Waals surface area contributed by atoms with Crippen molar-refractivity contribution < 1.29 is 66.1 Å². The number of hydrogen-bond donors (Lipinski definition) is 1. The van der Waals surface area contributed by atoms with Crippen LogP contribution in [0.5, 0.6) is 28.7 Å². The molecular formula is C15H6O16S3-4. The highest BCUT2D eigenvalue weighted by atomic mass is 32.3. The third kappa shape index (κ3) is 5.84. The van der Waals surface area contributed by atoms with E-state index >= 15 is 0 Å². The predicted octanol–water partition coefficient (Wildman–Crippen LogP) is -1.24. The van der Waals surface area contributed by atoms with E-state index < -0.39 is 87.7 Å². The SMILES string of the molecule is O=c1c(OS(=O)(=O)[O-])c(-c2ccc([O-])c(OS(=O)(=O)[O-])c2)oc2cc(OS(=O)(=O)[O-])cc(O)c12. The van der Waals surface area contributed by atoms with Crippen molar-refractivity contribution in [3.8, 4) is 40.1 Å². The monoisotopic (exact) mass is 538 g/mol. The van der Waals surface area contributed by atoms with Gasteiger partial charge in [0.15, 0.2) is 5.76 Å². The van der Waals surface area contributed by atoms with E-state index in [1.54, 1.807) is 0 Å². The molecule has 3 aromatic rings. The zero-order valence-electron chi connectivity index (χ0n) is 15.7. The van der Waals surface area contributed by atoms with Crippen molar-refractivity contribution in [1.82, 2.24) is 0 Å². The fraction of sp³-hybridized carbons (Fsp3) is 0. The quantitative estimate of drug-likeness (QED) is 0.272. The van der Waals surface area contributed by atoms with E-state index in [1.165, 1.54) is 0 Å². The van der Waals surface area contributed by atoms with Crippen LogP contribution in [0.4, 0.5) is 0 Å². The van der Waals surface area contributed by atoms with Crippen molar-refractivity contribution >= 4 is 42.2 Å². The van der Waals surface area contributed by atoms with E-state index in [0.717, 1.165) is 6.07 Å². The first-order chi connectivity index (χ1) is 15.4. The Morgan fingerprint density at radius 2 is 1.41 bits per heavy atom. The molecule has 0 atom stereocenters. The summed E-state index contributed by atoms with van der Waals surface area (Å²) in [7, 11) is -16.5. The van der Waals surface area contributed by atoms with Gasteiger partial charge in [0.05, 0.1) is 0 Å². The lowest BCUT2D eigenvalue weighted by molar-refractivity contribution is -0.269. The highest BCUT2D eigenvalue weighted by Crippen LogP contribution is 2.39. The lowest BCUT2D eigenvalue weighted by atomic mass is 10.1. The Morgan fingerprint density at radius 3 is 1.97 bits per heavy atom. The summed E-state index contributed by atoms with van der Waals surface area (Å²) in [5, 5.41) is 20.9. The highest BCUT2D eigenvalue weighted by Gasteiger charge is 2.23. The first-order valence-electron chi connectivity index (χ1n) is 8.05. The van der Waals surface area contributed by atoms with Gasteiger partial charge in [-0.2, -0.15) is 0 Å². The summed E-state index contributed by atoms with van der Waals surface area (Å²) in [4.78, 5) is 12.8. The number of aromatic hydroxyl groups is 1. The molecule has 34 heavy (non-hydrogen) atoms. The Kier molecular flexibility index (Phi) is 6.11. The van der Waals surface area contributed by atoms with E-state index in [4.69, 9.17) is 4.42 Å². The molecule has 0 amide bonds. The molecule has 0 fully saturated rings. The van der Waals surface area contributed by atoms with Gasteiger partial charge in [0.1, 0.15) is 28.2 Å². The number of hydrogen-bond acceptors (Lipinski definition) is 16. The fourth-order valence-electron chi connectivity index (χ4n) is 2.62. The largest absolute Gasteiger partial charge is 0.870 e. The molecule has 1 aromatic heterocycles. The summed E-state index contributed by atoms with van der Waals surface area (Å²) in [5.41, 5.74) is -2.83. The molecule has 0 bridgehead atoms. The second-order valence-electron chi connectivity index (χ2n) is 6.04. The second kappa shape index (κ2) is 8.30. The lowest BCUT2D eigenvalue weighted by Gasteiger charge is -2.18. The number of phenols is 1. The Bertz CT molecular complexity index is 1680. The summed E-state index contributed by atoms with van der Waals surface area (Å²) in [5.74, 6) is -6.58. The van der Waals surface area contributed by atoms with Gasteiger partial charge in [0, 0.05) is 17.7 Å². The van der Waals surface area contributed by atoms with Crippen molar-refractivity contribution in [2.45, 2.75) is 0 Å². The molecule has 184 valence electrons. The number of rotatable bonds is 7. The van der Waals surface area contributed by atoms with Gasteiger partial charge in [-0.3, -0.25) is 4.79 Å². The Morgan fingerprint density at radius 1 is 0.824 bits per heavy atom. The summed E-state index contributed by atoms with van der Waals surface area (Å²) in [6.07, 6.45) is 0. The van der Waals surface area contributed by atoms with Crippen LogP contribution in [-0.2, 0) is 31.2 Å². The molecule has 0 unspecified atom stereocenters. The number of phenolic OH excluding ortho intramolecular Hbond substituents is 1. The molecule has 1 heterocycles. The van der Waals surface area contributed by atoms with Crippen LogP contribution >= 0.6 is 0 Å². The van der Waals surface area contributed by atoms with E-state index in [-0.39, 0.29) is 0 Å². The molecule has 0 saturated heterocycles. The first-order valence-corrected chi connectivity index (χ1v) is 12.0. The maximum atomic E-state index is 12.8.